The number of carboxylic acids is 1. The zero-order valence-electron chi connectivity index (χ0n) is 21.3. The van der Waals surface area contributed by atoms with Gasteiger partial charge in [0.15, 0.2) is 0 Å². The van der Waals surface area contributed by atoms with Crippen molar-refractivity contribution >= 4 is 46.4 Å². The van der Waals surface area contributed by atoms with E-state index in [-0.39, 0.29) is 48.7 Å². The number of imidazole rings is 1. The van der Waals surface area contributed by atoms with Gasteiger partial charge < -0.3 is 30.5 Å². The Morgan fingerprint density at radius 1 is 1.00 bits per heavy atom. The topological polar surface area (TPSA) is 152 Å². The van der Waals surface area contributed by atoms with Crippen LogP contribution in [0.1, 0.15) is 18.4 Å². The Kier molecular flexibility index (Phi) is 8.43. The van der Waals surface area contributed by atoms with Crippen LogP contribution in [0.3, 0.4) is 0 Å². The number of halogens is 2. The maximum Gasteiger partial charge on any atom is 0.303 e. The van der Waals surface area contributed by atoms with Crippen LogP contribution < -0.4 is 15.5 Å². The van der Waals surface area contributed by atoms with Gasteiger partial charge in [-0.05, 0) is 24.3 Å². The average Bonchev–Trinajstić information content (AvgIpc) is 3.37. The van der Waals surface area contributed by atoms with Gasteiger partial charge in [0.1, 0.15) is 11.6 Å². The van der Waals surface area contributed by atoms with Gasteiger partial charge in [0.05, 0.1) is 23.8 Å². The van der Waals surface area contributed by atoms with Gasteiger partial charge in [0, 0.05) is 57.5 Å². The number of aromatic nitrogens is 5. The van der Waals surface area contributed by atoms with E-state index in [0.717, 1.165) is 17.1 Å². The van der Waals surface area contributed by atoms with Crippen LogP contribution in [0.15, 0.2) is 42.7 Å². The summed E-state index contributed by atoms with van der Waals surface area (Å²) in [6, 6.07) is 8.79. The molecule has 1 amide bonds. The number of nitrogens with one attached hydrogen (secondary N) is 3. The summed E-state index contributed by atoms with van der Waals surface area (Å²) in [6.45, 7) is 0.633. The first-order valence-corrected chi connectivity index (χ1v) is 12.0. The standard InChI is InChI=1S/C25H27F2N9O3/c1-35(21(37)7-8-22(38)39)9-10-36(2)25-33-23(28-13-15-3-4-16(26)11-18(15)27)32-24(34-25)31-17-5-6-19-20(12-17)30-14-29-19/h3-6,11-12,14H,7-10,13H2,1-2H3,(H,29,30)(H,38,39)(H2,28,31,32,33,34). The molecule has 0 aliphatic carbocycles. The van der Waals surface area contributed by atoms with E-state index in [1.54, 1.807) is 25.3 Å². The molecule has 39 heavy (non-hydrogen) atoms. The molecule has 0 aliphatic rings. The normalized spacial score (nSPS) is 10.9. The van der Waals surface area contributed by atoms with Gasteiger partial charge in [-0.1, -0.05) is 6.07 Å². The minimum absolute atomic E-state index is 0.000355. The van der Waals surface area contributed by atoms with Crippen LogP contribution >= 0.6 is 0 Å². The molecule has 0 aliphatic heterocycles. The van der Waals surface area contributed by atoms with Gasteiger partial charge >= 0.3 is 5.97 Å². The van der Waals surface area contributed by atoms with Crippen molar-refractivity contribution < 1.29 is 23.5 Å². The summed E-state index contributed by atoms with van der Waals surface area (Å²) in [5.41, 5.74) is 2.52. The molecule has 2 heterocycles. The number of fused-ring (bicyclic) bond motifs is 1. The van der Waals surface area contributed by atoms with E-state index in [2.05, 4.69) is 35.6 Å². The second kappa shape index (κ2) is 12.1. The Morgan fingerprint density at radius 3 is 2.56 bits per heavy atom. The van der Waals surface area contributed by atoms with Gasteiger partial charge in [-0.3, -0.25) is 9.59 Å². The van der Waals surface area contributed by atoms with Gasteiger partial charge in [-0.15, -0.1) is 0 Å². The predicted octanol–water partition coefficient (Wildman–Crippen LogP) is 3.14. The Hall–Kier alpha value is -4.88. The van der Waals surface area contributed by atoms with Gasteiger partial charge in [0.2, 0.25) is 23.8 Å². The molecule has 0 saturated heterocycles. The molecular formula is C25H27F2N9O3. The minimum atomic E-state index is -1.04. The summed E-state index contributed by atoms with van der Waals surface area (Å²) in [5.74, 6) is -2.08. The van der Waals surface area contributed by atoms with Crippen LogP contribution in [0.4, 0.5) is 32.3 Å². The second-order valence-electron chi connectivity index (χ2n) is 8.76. The lowest BCUT2D eigenvalue weighted by molar-refractivity contribution is -0.140. The number of hydrogen-bond acceptors (Lipinski definition) is 9. The van der Waals surface area contributed by atoms with Gasteiger partial charge in [-0.25, -0.2) is 13.8 Å². The highest BCUT2D eigenvalue weighted by Gasteiger charge is 2.15. The molecule has 0 bridgehead atoms. The fourth-order valence-corrected chi connectivity index (χ4v) is 3.58. The second-order valence-corrected chi connectivity index (χ2v) is 8.76. The lowest BCUT2D eigenvalue weighted by Gasteiger charge is -2.23. The molecule has 4 rings (SSSR count). The van der Waals surface area contributed by atoms with Crippen LogP contribution in [-0.4, -0.2) is 74.0 Å². The number of carbonyl (C=O) groups is 2. The fraction of sp³-hybridized carbons (Fsp3) is 0.280. The number of carboxylic acid groups (broad SMARTS) is 1. The van der Waals surface area contributed by atoms with E-state index < -0.39 is 17.6 Å². The smallest absolute Gasteiger partial charge is 0.303 e. The molecule has 0 atom stereocenters. The maximum absolute atomic E-state index is 14.1. The quantitative estimate of drug-likeness (QED) is 0.211. The average molecular weight is 540 g/mol. The van der Waals surface area contributed by atoms with Crippen LogP contribution in [0.2, 0.25) is 0 Å². The number of H-pyrrole nitrogens is 1. The van der Waals surface area contributed by atoms with E-state index in [4.69, 9.17) is 5.11 Å². The Balaban J connectivity index is 1.52. The molecular weight excluding hydrogens is 512 g/mol. The van der Waals surface area contributed by atoms with Crippen LogP contribution in [0.25, 0.3) is 11.0 Å². The summed E-state index contributed by atoms with van der Waals surface area (Å²) in [6.07, 6.45) is 1.25. The molecule has 2 aromatic carbocycles. The lowest BCUT2D eigenvalue weighted by Crippen LogP contribution is -2.35. The zero-order chi connectivity index (χ0) is 27.9. The van der Waals surface area contributed by atoms with Crippen molar-refractivity contribution in [2.75, 3.05) is 42.7 Å². The molecule has 204 valence electrons. The Morgan fingerprint density at radius 2 is 1.79 bits per heavy atom. The number of aromatic amines is 1. The molecule has 0 unspecified atom stereocenters. The highest BCUT2D eigenvalue weighted by molar-refractivity contribution is 5.81. The van der Waals surface area contributed by atoms with E-state index in [1.807, 2.05) is 18.2 Å². The fourth-order valence-electron chi connectivity index (χ4n) is 3.58. The zero-order valence-corrected chi connectivity index (χ0v) is 21.3. The van der Waals surface area contributed by atoms with E-state index in [9.17, 15) is 18.4 Å². The number of hydrogen-bond donors (Lipinski definition) is 4. The van der Waals surface area contributed by atoms with Gasteiger partial charge in [-0.2, -0.15) is 15.0 Å². The van der Waals surface area contributed by atoms with Crippen molar-refractivity contribution in [2.45, 2.75) is 19.4 Å². The number of amides is 1. The first-order valence-electron chi connectivity index (χ1n) is 12.0. The van der Waals surface area contributed by atoms with Gasteiger partial charge in [0.25, 0.3) is 0 Å². The third kappa shape index (κ3) is 7.34. The first kappa shape index (κ1) is 27.2. The summed E-state index contributed by atoms with van der Waals surface area (Å²) in [7, 11) is 3.32. The maximum atomic E-state index is 14.1. The SMILES string of the molecule is CN(CCN(C)c1nc(NCc2ccc(F)cc2F)nc(Nc2ccc3nc[nH]c3c2)n1)C(=O)CCC(=O)O. The van der Waals surface area contributed by atoms with E-state index in [0.29, 0.717) is 18.8 Å². The summed E-state index contributed by atoms with van der Waals surface area (Å²) in [4.78, 5) is 46.6. The molecule has 4 N–H and O–H groups in total. The summed E-state index contributed by atoms with van der Waals surface area (Å²) >= 11 is 0. The van der Waals surface area contributed by atoms with Crippen molar-refractivity contribution in [3.63, 3.8) is 0 Å². The summed E-state index contributed by atoms with van der Waals surface area (Å²) < 4.78 is 27.4. The molecule has 0 radical (unpaired) electrons. The highest BCUT2D eigenvalue weighted by atomic mass is 19.1. The number of benzene rings is 2. The highest BCUT2D eigenvalue weighted by Crippen LogP contribution is 2.21. The number of rotatable bonds is 12. The lowest BCUT2D eigenvalue weighted by atomic mass is 10.2. The molecule has 0 fully saturated rings. The van der Waals surface area contributed by atoms with Crippen LogP contribution in [-0.2, 0) is 16.1 Å². The number of carbonyl (C=O) groups excluding carboxylic acids is 1. The number of aliphatic carboxylic acids is 1. The third-order valence-corrected chi connectivity index (χ3v) is 5.84. The van der Waals surface area contributed by atoms with Crippen molar-refractivity contribution in [1.29, 1.82) is 0 Å². The number of likely N-dealkylation sites (N-methyl/N-ethyl adjacent to an activating group) is 2. The predicted molar refractivity (Wildman–Crippen MR) is 141 cm³/mol. The van der Waals surface area contributed by atoms with Crippen molar-refractivity contribution in [2.24, 2.45) is 0 Å². The molecule has 12 nitrogen and oxygen atoms in total. The van der Waals surface area contributed by atoms with Crippen molar-refractivity contribution in [3.8, 4) is 0 Å². The van der Waals surface area contributed by atoms with E-state index >= 15 is 0 Å². The van der Waals surface area contributed by atoms with Crippen LogP contribution in [0.5, 0.6) is 0 Å². The van der Waals surface area contributed by atoms with Crippen LogP contribution in [0, 0.1) is 11.6 Å². The third-order valence-electron chi connectivity index (χ3n) is 5.84. The number of anilines is 4. The number of nitrogens with zero attached hydrogens (tertiary/aromatic N) is 6. The Labute approximate surface area is 222 Å². The molecule has 4 aromatic rings. The molecule has 0 saturated carbocycles. The van der Waals surface area contributed by atoms with Crippen molar-refractivity contribution in [1.82, 2.24) is 29.8 Å². The summed E-state index contributed by atoms with van der Waals surface area (Å²) in [5, 5.41) is 14.9. The molecule has 0 spiro atoms. The van der Waals surface area contributed by atoms with Crippen molar-refractivity contribution in [3.05, 3.63) is 59.9 Å². The van der Waals surface area contributed by atoms with E-state index in [1.165, 1.54) is 17.0 Å². The largest absolute Gasteiger partial charge is 0.481 e. The first-order chi connectivity index (χ1) is 18.7. The minimum Gasteiger partial charge on any atom is -0.481 e. The Bertz CT molecular complexity index is 1480. The molecule has 2 aromatic heterocycles. The molecule has 14 heteroatoms. The monoisotopic (exact) mass is 539 g/mol.